The van der Waals surface area contributed by atoms with E-state index in [1.807, 2.05) is 24.3 Å². The number of ether oxygens (including phenoxy) is 1. The molecule has 3 aromatic rings. The summed E-state index contributed by atoms with van der Waals surface area (Å²) >= 11 is 7.49. The van der Waals surface area contributed by atoms with Crippen molar-refractivity contribution in [2.24, 2.45) is 0 Å². The molecule has 27 heavy (non-hydrogen) atoms. The molecule has 3 rings (SSSR count). The van der Waals surface area contributed by atoms with Gasteiger partial charge in [0.05, 0.1) is 12.9 Å². The number of benzene rings is 2. The van der Waals surface area contributed by atoms with Crippen LogP contribution in [0.25, 0.3) is 5.69 Å². The molecule has 0 unspecified atom stereocenters. The number of hydrogen-bond donors (Lipinski definition) is 1. The molecule has 0 fully saturated rings. The number of aryl methyl sites for hydroxylation is 1. The highest BCUT2D eigenvalue weighted by Gasteiger charge is 2.12. The Bertz CT molecular complexity index is 947. The standard InChI is InChI=1S/C18H18ClN5O2S/c1-12-21-22-23-24(12)16-9-15(6-7-17(16)26-2)20-18(25)11-27-10-13-4-3-5-14(19)8-13/h3-9H,10-11H2,1-2H3,(H,20,25). The van der Waals surface area contributed by atoms with Gasteiger partial charge in [-0.05, 0) is 53.2 Å². The molecule has 1 N–H and O–H groups in total. The predicted octanol–water partition coefficient (Wildman–Crippen LogP) is 3.50. The maximum atomic E-state index is 12.3. The molecule has 0 atom stereocenters. The van der Waals surface area contributed by atoms with Gasteiger partial charge in [-0.25, -0.2) is 0 Å². The summed E-state index contributed by atoms with van der Waals surface area (Å²) in [5.74, 6) is 2.18. The van der Waals surface area contributed by atoms with Crippen LogP contribution in [0.1, 0.15) is 11.4 Å². The van der Waals surface area contributed by atoms with Gasteiger partial charge in [0.15, 0.2) is 5.82 Å². The summed E-state index contributed by atoms with van der Waals surface area (Å²) in [5, 5.41) is 15.1. The van der Waals surface area contributed by atoms with Gasteiger partial charge in [-0.1, -0.05) is 23.7 Å². The molecular formula is C18H18ClN5O2S. The summed E-state index contributed by atoms with van der Waals surface area (Å²) in [4.78, 5) is 12.3. The van der Waals surface area contributed by atoms with Crippen molar-refractivity contribution in [1.29, 1.82) is 0 Å². The van der Waals surface area contributed by atoms with Crippen molar-refractivity contribution in [2.75, 3.05) is 18.2 Å². The summed E-state index contributed by atoms with van der Waals surface area (Å²) in [5.41, 5.74) is 2.39. The van der Waals surface area contributed by atoms with Gasteiger partial charge in [0, 0.05) is 16.5 Å². The van der Waals surface area contributed by atoms with Gasteiger partial charge in [-0.15, -0.1) is 16.9 Å². The molecule has 0 aliphatic rings. The fraction of sp³-hybridized carbons (Fsp3) is 0.222. The lowest BCUT2D eigenvalue weighted by Crippen LogP contribution is -2.14. The van der Waals surface area contributed by atoms with Crippen molar-refractivity contribution in [1.82, 2.24) is 20.2 Å². The normalized spacial score (nSPS) is 10.6. The average Bonchev–Trinajstić information content (AvgIpc) is 3.07. The molecule has 1 aromatic heterocycles. The first-order chi connectivity index (χ1) is 13.1. The van der Waals surface area contributed by atoms with Gasteiger partial charge in [0.2, 0.25) is 5.91 Å². The number of halogens is 1. The number of nitrogens with zero attached hydrogens (tertiary/aromatic N) is 4. The monoisotopic (exact) mass is 403 g/mol. The third kappa shape index (κ3) is 4.99. The highest BCUT2D eigenvalue weighted by atomic mass is 35.5. The van der Waals surface area contributed by atoms with E-state index in [-0.39, 0.29) is 5.91 Å². The maximum Gasteiger partial charge on any atom is 0.234 e. The van der Waals surface area contributed by atoms with E-state index in [0.29, 0.717) is 39.5 Å². The van der Waals surface area contributed by atoms with Crippen LogP contribution in [-0.4, -0.2) is 39.0 Å². The lowest BCUT2D eigenvalue weighted by atomic mass is 10.2. The van der Waals surface area contributed by atoms with E-state index < -0.39 is 0 Å². The van der Waals surface area contributed by atoms with Crippen molar-refractivity contribution >= 4 is 35.0 Å². The van der Waals surface area contributed by atoms with Crippen LogP contribution in [0.3, 0.4) is 0 Å². The van der Waals surface area contributed by atoms with Crippen molar-refractivity contribution < 1.29 is 9.53 Å². The number of thioether (sulfide) groups is 1. The zero-order chi connectivity index (χ0) is 19.2. The number of rotatable bonds is 7. The Labute approximate surface area is 166 Å². The average molecular weight is 404 g/mol. The number of tetrazole rings is 1. The summed E-state index contributed by atoms with van der Waals surface area (Å²) in [6.45, 7) is 1.79. The van der Waals surface area contributed by atoms with Gasteiger partial charge in [-0.3, -0.25) is 4.79 Å². The topological polar surface area (TPSA) is 81.9 Å². The van der Waals surface area contributed by atoms with Crippen LogP contribution in [0.4, 0.5) is 5.69 Å². The Kier molecular flexibility index (Phi) is 6.31. The molecule has 7 nitrogen and oxygen atoms in total. The quantitative estimate of drug-likeness (QED) is 0.650. The number of anilines is 1. The molecule has 1 amide bonds. The second-order valence-corrected chi connectivity index (χ2v) is 7.12. The third-order valence-corrected chi connectivity index (χ3v) is 4.95. The molecule has 140 valence electrons. The molecular weight excluding hydrogens is 386 g/mol. The smallest absolute Gasteiger partial charge is 0.234 e. The Morgan fingerprint density at radius 2 is 2.15 bits per heavy atom. The lowest BCUT2D eigenvalue weighted by Gasteiger charge is -2.12. The molecule has 0 radical (unpaired) electrons. The molecule has 0 saturated carbocycles. The first-order valence-electron chi connectivity index (χ1n) is 8.12. The van der Waals surface area contributed by atoms with Gasteiger partial charge < -0.3 is 10.1 Å². The van der Waals surface area contributed by atoms with E-state index >= 15 is 0 Å². The van der Waals surface area contributed by atoms with E-state index in [1.165, 1.54) is 11.8 Å². The van der Waals surface area contributed by atoms with Crippen molar-refractivity contribution in [3.8, 4) is 11.4 Å². The largest absolute Gasteiger partial charge is 0.494 e. The van der Waals surface area contributed by atoms with E-state index in [4.69, 9.17) is 16.3 Å². The van der Waals surface area contributed by atoms with Gasteiger partial charge in [0.25, 0.3) is 0 Å². The van der Waals surface area contributed by atoms with E-state index in [2.05, 4.69) is 20.8 Å². The number of hydrogen-bond acceptors (Lipinski definition) is 6. The fourth-order valence-corrected chi connectivity index (χ4v) is 3.46. The molecule has 1 heterocycles. The second-order valence-electron chi connectivity index (χ2n) is 5.70. The Hall–Kier alpha value is -2.58. The molecule has 0 bridgehead atoms. The van der Waals surface area contributed by atoms with Crippen molar-refractivity contribution in [3.63, 3.8) is 0 Å². The lowest BCUT2D eigenvalue weighted by molar-refractivity contribution is -0.113. The first-order valence-corrected chi connectivity index (χ1v) is 9.65. The summed E-state index contributed by atoms with van der Waals surface area (Å²) in [6.07, 6.45) is 0. The van der Waals surface area contributed by atoms with E-state index in [0.717, 1.165) is 5.56 Å². The zero-order valence-electron chi connectivity index (χ0n) is 14.8. The minimum atomic E-state index is -0.0911. The maximum absolute atomic E-state index is 12.3. The van der Waals surface area contributed by atoms with Gasteiger partial charge >= 0.3 is 0 Å². The van der Waals surface area contributed by atoms with Gasteiger partial charge in [0.1, 0.15) is 11.4 Å². The van der Waals surface area contributed by atoms with Crippen LogP contribution in [0, 0.1) is 6.92 Å². The third-order valence-electron chi connectivity index (χ3n) is 3.71. The van der Waals surface area contributed by atoms with E-state index in [9.17, 15) is 4.79 Å². The van der Waals surface area contributed by atoms with Gasteiger partial charge in [-0.2, -0.15) is 4.68 Å². The molecule has 0 aliphatic heterocycles. The summed E-state index contributed by atoms with van der Waals surface area (Å²) in [6, 6.07) is 12.9. The Balaban J connectivity index is 1.63. The highest BCUT2D eigenvalue weighted by molar-refractivity contribution is 7.99. The Morgan fingerprint density at radius 1 is 1.30 bits per heavy atom. The number of aromatic nitrogens is 4. The second kappa shape index (κ2) is 8.88. The number of methoxy groups -OCH3 is 1. The van der Waals surface area contributed by atoms with Crippen LogP contribution >= 0.6 is 23.4 Å². The number of carbonyl (C=O) groups excluding carboxylic acids is 1. The summed E-state index contributed by atoms with van der Waals surface area (Å²) < 4.78 is 6.92. The van der Waals surface area contributed by atoms with Crippen LogP contribution in [0.2, 0.25) is 5.02 Å². The van der Waals surface area contributed by atoms with Crippen LogP contribution in [0.15, 0.2) is 42.5 Å². The zero-order valence-corrected chi connectivity index (χ0v) is 16.4. The highest BCUT2D eigenvalue weighted by Crippen LogP contribution is 2.26. The molecule has 2 aromatic carbocycles. The Morgan fingerprint density at radius 3 is 2.85 bits per heavy atom. The van der Waals surface area contributed by atoms with Crippen LogP contribution < -0.4 is 10.1 Å². The van der Waals surface area contributed by atoms with E-state index in [1.54, 1.807) is 36.9 Å². The molecule has 0 saturated heterocycles. The van der Waals surface area contributed by atoms with Crippen LogP contribution in [-0.2, 0) is 10.5 Å². The first kappa shape index (κ1) is 19.2. The number of carbonyl (C=O) groups is 1. The minimum absolute atomic E-state index is 0.0911. The molecule has 0 aliphatic carbocycles. The minimum Gasteiger partial charge on any atom is -0.494 e. The summed E-state index contributed by atoms with van der Waals surface area (Å²) in [7, 11) is 1.57. The number of nitrogens with one attached hydrogen (secondary N) is 1. The van der Waals surface area contributed by atoms with Crippen LogP contribution in [0.5, 0.6) is 5.75 Å². The van der Waals surface area contributed by atoms with Crippen molar-refractivity contribution in [3.05, 3.63) is 58.9 Å². The predicted molar refractivity (Wildman–Crippen MR) is 107 cm³/mol. The fourth-order valence-electron chi connectivity index (χ4n) is 2.47. The van der Waals surface area contributed by atoms with Crippen molar-refractivity contribution in [2.45, 2.75) is 12.7 Å². The number of amides is 1. The molecule has 0 spiro atoms. The SMILES string of the molecule is COc1ccc(NC(=O)CSCc2cccc(Cl)c2)cc1-n1nnnc1C. The molecule has 9 heteroatoms.